The molecule has 1 saturated heterocycles. The van der Waals surface area contributed by atoms with Gasteiger partial charge >= 0.3 is 6.09 Å². The third-order valence-corrected chi connectivity index (χ3v) is 3.42. The summed E-state index contributed by atoms with van der Waals surface area (Å²) in [6.07, 6.45) is 6.62. The van der Waals surface area contributed by atoms with Crippen LogP contribution < -0.4 is 5.32 Å². The van der Waals surface area contributed by atoms with Crippen molar-refractivity contribution >= 4 is 6.09 Å². The molecule has 0 aromatic heterocycles. The molecule has 0 atom stereocenters. The van der Waals surface area contributed by atoms with Crippen molar-refractivity contribution in [3.05, 3.63) is 0 Å². The minimum atomic E-state index is -0.452. The van der Waals surface area contributed by atoms with Gasteiger partial charge in [0.25, 0.3) is 0 Å². The lowest BCUT2D eigenvalue weighted by molar-refractivity contribution is 0.0399. The lowest BCUT2D eigenvalue weighted by atomic mass is 10.1. The Morgan fingerprint density at radius 3 is 2.48 bits per heavy atom. The van der Waals surface area contributed by atoms with E-state index in [2.05, 4.69) is 16.1 Å². The molecule has 1 amide bonds. The molecule has 23 heavy (non-hydrogen) atoms. The molecule has 1 N–H and O–H groups in total. The molecular weight excluding hydrogens is 296 g/mol. The first kappa shape index (κ1) is 19.8. The van der Waals surface area contributed by atoms with E-state index in [4.69, 9.17) is 20.6 Å². The van der Waals surface area contributed by atoms with Gasteiger partial charge in [-0.2, -0.15) is 0 Å². The van der Waals surface area contributed by atoms with Gasteiger partial charge in [0.2, 0.25) is 0 Å². The van der Waals surface area contributed by atoms with E-state index in [1.807, 2.05) is 20.8 Å². The predicted molar refractivity (Wildman–Crippen MR) is 89.3 cm³/mol. The molecule has 0 saturated carbocycles. The van der Waals surface area contributed by atoms with Gasteiger partial charge in [0, 0.05) is 25.7 Å². The van der Waals surface area contributed by atoms with Crippen molar-refractivity contribution in [3.8, 4) is 12.3 Å². The van der Waals surface area contributed by atoms with E-state index >= 15 is 0 Å². The molecule has 0 radical (unpaired) electrons. The van der Waals surface area contributed by atoms with Gasteiger partial charge in [-0.25, -0.2) is 4.79 Å². The third kappa shape index (κ3) is 10.2. The van der Waals surface area contributed by atoms with Crippen LogP contribution in [-0.4, -0.2) is 68.7 Å². The maximum absolute atomic E-state index is 11.7. The molecule has 0 bridgehead atoms. The number of hydrogen-bond donors (Lipinski definition) is 1. The highest BCUT2D eigenvalue weighted by Crippen LogP contribution is 2.12. The summed E-state index contributed by atoms with van der Waals surface area (Å²) in [5.41, 5.74) is -0.452. The average Bonchev–Trinajstić information content (AvgIpc) is 2.46. The van der Waals surface area contributed by atoms with Crippen molar-refractivity contribution in [2.45, 2.75) is 45.3 Å². The molecule has 1 aliphatic heterocycles. The van der Waals surface area contributed by atoms with E-state index < -0.39 is 5.60 Å². The Labute approximate surface area is 139 Å². The molecule has 0 unspecified atom stereocenters. The quantitative estimate of drug-likeness (QED) is 0.543. The van der Waals surface area contributed by atoms with Crippen LogP contribution in [0.15, 0.2) is 0 Å². The molecule has 0 aromatic rings. The molecule has 6 nitrogen and oxygen atoms in total. The predicted octanol–water partition coefficient (Wildman–Crippen LogP) is 1.64. The number of nitrogens with one attached hydrogen (secondary N) is 1. The summed E-state index contributed by atoms with van der Waals surface area (Å²) in [7, 11) is 0. The summed E-state index contributed by atoms with van der Waals surface area (Å²) in [5.74, 6) is 2.42. The van der Waals surface area contributed by atoms with Crippen molar-refractivity contribution in [2.75, 3.05) is 46.1 Å². The number of ether oxygens (including phenoxy) is 3. The fourth-order valence-corrected chi connectivity index (χ4v) is 2.32. The number of piperidine rings is 1. The van der Waals surface area contributed by atoms with E-state index in [-0.39, 0.29) is 12.1 Å². The van der Waals surface area contributed by atoms with Gasteiger partial charge in [0.1, 0.15) is 12.2 Å². The Morgan fingerprint density at radius 2 is 1.87 bits per heavy atom. The molecule has 1 fully saturated rings. The van der Waals surface area contributed by atoms with Gasteiger partial charge in [0.15, 0.2) is 0 Å². The largest absolute Gasteiger partial charge is 0.444 e. The second kappa shape index (κ2) is 10.5. The van der Waals surface area contributed by atoms with Crippen molar-refractivity contribution in [2.24, 2.45) is 0 Å². The standard InChI is InChI=1S/C17H30N2O4/c1-5-11-21-13-14-22-12-10-19-8-6-15(7-9-19)18-16(20)23-17(2,3)4/h1,15H,6-14H2,2-4H3,(H,18,20). The number of amides is 1. The summed E-state index contributed by atoms with van der Waals surface area (Å²) >= 11 is 0. The van der Waals surface area contributed by atoms with Gasteiger partial charge < -0.3 is 24.4 Å². The molecule has 0 aromatic carbocycles. The van der Waals surface area contributed by atoms with Gasteiger partial charge in [-0.15, -0.1) is 6.42 Å². The number of rotatable bonds is 8. The van der Waals surface area contributed by atoms with E-state index in [9.17, 15) is 4.79 Å². The Hall–Kier alpha value is -1.29. The highest BCUT2D eigenvalue weighted by atomic mass is 16.6. The zero-order valence-electron chi connectivity index (χ0n) is 14.6. The van der Waals surface area contributed by atoms with Crippen molar-refractivity contribution in [1.29, 1.82) is 0 Å². The molecule has 0 spiro atoms. The Kier molecular flexibility index (Phi) is 9.00. The molecule has 1 heterocycles. The van der Waals surface area contributed by atoms with E-state index in [0.29, 0.717) is 26.4 Å². The van der Waals surface area contributed by atoms with E-state index in [0.717, 1.165) is 32.5 Å². The van der Waals surface area contributed by atoms with E-state index in [1.165, 1.54) is 0 Å². The summed E-state index contributed by atoms with van der Waals surface area (Å²) in [6, 6.07) is 0.194. The van der Waals surface area contributed by atoms with Crippen LogP contribution in [0.3, 0.4) is 0 Å². The van der Waals surface area contributed by atoms with Gasteiger partial charge in [0.05, 0.1) is 19.8 Å². The number of terminal acetylenes is 1. The fraction of sp³-hybridized carbons (Fsp3) is 0.824. The minimum Gasteiger partial charge on any atom is -0.444 e. The van der Waals surface area contributed by atoms with Crippen molar-refractivity contribution < 1.29 is 19.0 Å². The molecule has 1 aliphatic rings. The molecule has 1 rings (SSSR count). The molecule has 132 valence electrons. The summed E-state index contributed by atoms with van der Waals surface area (Å²) in [6.45, 7) is 10.5. The lowest BCUT2D eigenvalue weighted by Gasteiger charge is -2.32. The monoisotopic (exact) mass is 326 g/mol. The smallest absolute Gasteiger partial charge is 0.407 e. The number of nitrogens with zero attached hydrogens (tertiary/aromatic N) is 1. The van der Waals surface area contributed by atoms with Crippen LogP contribution in [0.2, 0.25) is 0 Å². The minimum absolute atomic E-state index is 0.194. The molecule has 0 aliphatic carbocycles. The topological polar surface area (TPSA) is 60.0 Å². The normalized spacial score (nSPS) is 16.8. The lowest BCUT2D eigenvalue weighted by Crippen LogP contribution is -2.46. The maximum Gasteiger partial charge on any atom is 0.407 e. The van der Waals surface area contributed by atoms with Gasteiger partial charge in [-0.1, -0.05) is 5.92 Å². The Bertz CT molecular complexity index is 379. The van der Waals surface area contributed by atoms with E-state index in [1.54, 1.807) is 0 Å². The van der Waals surface area contributed by atoms with Crippen molar-refractivity contribution in [3.63, 3.8) is 0 Å². The first-order chi connectivity index (χ1) is 10.9. The van der Waals surface area contributed by atoms with Crippen LogP contribution in [-0.2, 0) is 14.2 Å². The van der Waals surface area contributed by atoms with Crippen molar-refractivity contribution in [1.82, 2.24) is 10.2 Å². The average molecular weight is 326 g/mol. The number of carbonyl (C=O) groups is 1. The first-order valence-corrected chi connectivity index (χ1v) is 8.21. The zero-order valence-corrected chi connectivity index (χ0v) is 14.6. The molecular formula is C17H30N2O4. The first-order valence-electron chi connectivity index (χ1n) is 8.21. The van der Waals surface area contributed by atoms with Crippen LogP contribution in [0.5, 0.6) is 0 Å². The fourth-order valence-electron chi connectivity index (χ4n) is 2.32. The third-order valence-electron chi connectivity index (χ3n) is 3.42. The zero-order chi connectivity index (χ0) is 17.1. The number of carbonyl (C=O) groups excluding carboxylic acids is 1. The highest BCUT2D eigenvalue weighted by Gasteiger charge is 2.23. The van der Waals surface area contributed by atoms with Crippen LogP contribution in [0, 0.1) is 12.3 Å². The molecule has 6 heteroatoms. The van der Waals surface area contributed by atoms with Gasteiger partial charge in [-0.3, -0.25) is 0 Å². The Morgan fingerprint density at radius 1 is 1.22 bits per heavy atom. The number of likely N-dealkylation sites (tertiary alicyclic amines) is 1. The Balaban J connectivity index is 2.05. The maximum atomic E-state index is 11.7. The highest BCUT2D eigenvalue weighted by molar-refractivity contribution is 5.68. The number of alkyl carbamates (subject to hydrolysis) is 1. The second-order valence-electron chi connectivity index (χ2n) is 6.63. The van der Waals surface area contributed by atoms with Crippen LogP contribution in [0.25, 0.3) is 0 Å². The number of hydrogen-bond acceptors (Lipinski definition) is 5. The second-order valence-corrected chi connectivity index (χ2v) is 6.63. The van der Waals surface area contributed by atoms with Crippen LogP contribution in [0.4, 0.5) is 4.79 Å². The summed E-state index contributed by atoms with van der Waals surface area (Å²) < 4.78 is 15.9. The SMILES string of the molecule is C#CCOCCOCCN1CCC(NC(=O)OC(C)(C)C)CC1. The summed E-state index contributed by atoms with van der Waals surface area (Å²) in [4.78, 5) is 14.1. The van der Waals surface area contributed by atoms with Crippen LogP contribution in [0.1, 0.15) is 33.6 Å². The van der Waals surface area contributed by atoms with Crippen LogP contribution >= 0.6 is 0 Å². The summed E-state index contributed by atoms with van der Waals surface area (Å²) in [5, 5.41) is 2.94. The van der Waals surface area contributed by atoms with Gasteiger partial charge in [-0.05, 0) is 33.6 Å².